The van der Waals surface area contributed by atoms with Crippen molar-refractivity contribution in [2.24, 2.45) is 10.8 Å². The van der Waals surface area contributed by atoms with Crippen molar-refractivity contribution in [1.82, 2.24) is 0 Å². The maximum atomic E-state index is 12.4. The Morgan fingerprint density at radius 3 is 2.12 bits per heavy atom. The Morgan fingerprint density at radius 1 is 1.00 bits per heavy atom. The van der Waals surface area contributed by atoms with E-state index in [1.54, 1.807) is 0 Å². The van der Waals surface area contributed by atoms with E-state index in [0.717, 1.165) is 19.3 Å². The Balaban J connectivity index is 2.20. The average molecular weight is 228 g/mol. The molecule has 0 radical (unpaired) electrons. The van der Waals surface area contributed by atoms with Gasteiger partial charge in [0.25, 0.3) is 0 Å². The zero-order valence-electron chi connectivity index (χ0n) is 10.9. The summed E-state index contributed by atoms with van der Waals surface area (Å²) in [6, 6.07) is 10.6. The van der Waals surface area contributed by atoms with Crippen molar-refractivity contribution in [2.75, 3.05) is 0 Å². The summed E-state index contributed by atoms with van der Waals surface area (Å²) in [5, 5.41) is 0. The largest absolute Gasteiger partial charge is 0.299 e. The SMILES string of the molecule is CC1(C)[C@]2(c3ccccc3)CC[C@]1(C)C(=O)C2. The fourth-order valence-electron chi connectivity index (χ4n) is 4.25. The van der Waals surface area contributed by atoms with E-state index in [4.69, 9.17) is 0 Å². The van der Waals surface area contributed by atoms with Crippen molar-refractivity contribution in [1.29, 1.82) is 0 Å². The number of benzene rings is 1. The van der Waals surface area contributed by atoms with Gasteiger partial charge in [-0.25, -0.2) is 0 Å². The number of rotatable bonds is 1. The highest BCUT2D eigenvalue weighted by Gasteiger charge is 2.69. The van der Waals surface area contributed by atoms with E-state index in [9.17, 15) is 4.79 Å². The summed E-state index contributed by atoms with van der Waals surface area (Å²) in [6.07, 6.45) is 2.94. The van der Waals surface area contributed by atoms with Crippen LogP contribution >= 0.6 is 0 Å². The molecule has 2 aliphatic carbocycles. The predicted octanol–water partition coefficient (Wildman–Crippen LogP) is 3.72. The van der Waals surface area contributed by atoms with Gasteiger partial charge in [0.2, 0.25) is 0 Å². The van der Waals surface area contributed by atoms with E-state index in [0.29, 0.717) is 5.78 Å². The number of carbonyl (C=O) groups excluding carboxylic acids is 1. The molecular formula is C16H20O. The monoisotopic (exact) mass is 228 g/mol. The Labute approximate surface area is 103 Å². The molecule has 1 aromatic rings. The van der Waals surface area contributed by atoms with Crippen molar-refractivity contribution >= 4 is 5.78 Å². The topological polar surface area (TPSA) is 17.1 Å². The summed E-state index contributed by atoms with van der Waals surface area (Å²) in [6.45, 7) is 6.75. The van der Waals surface area contributed by atoms with Gasteiger partial charge in [-0.1, -0.05) is 51.1 Å². The number of Topliss-reactive ketones (excluding diaryl/α,β-unsaturated/α-hetero) is 1. The van der Waals surface area contributed by atoms with E-state index in [2.05, 4.69) is 51.1 Å². The molecule has 0 unspecified atom stereocenters. The van der Waals surface area contributed by atoms with Gasteiger partial charge < -0.3 is 0 Å². The molecule has 1 heteroatoms. The van der Waals surface area contributed by atoms with Gasteiger partial charge in [-0.15, -0.1) is 0 Å². The van der Waals surface area contributed by atoms with Gasteiger partial charge in [0, 0.05) is 17.3 Å². The summed E-state index contributed by atoms with van der Waals surface area (Å²) < 4.78 is 0. The van der Waals surface area contributed by atoms with E-state index in [1.807, 2.05) is 0 Å². The number of carbonyl (C=O) groups is 1. The number of fused-ring (bicyclic) bond motifs is 2. The van der Waals surface area contributed by atoms with Gasteiger partial charge in [0.05, 0.1) is 0 Å². The van der Waals surface area contributed by atoms with Crippen molar-refractivity contribution in [3.63, 3.8) is 0 Å². The van der Waals surface area contributed by atoms with Gasteiger partial charge in [0.1, 0.15) is 5.78 Å². The molecule has 1 nitrogen and oxygen atoms in total. The molecule has 2 fully saturated rings. The van der Waals surface area contributed by atoms with Gasteiger partial charge in [-0.05, 0) is 23.8 Å². The lowest BCUT2D eigenvalue weighted by Gasteiger charge is -2.40. The second-order valence-corrected chi connectivity index (χ2v) is 6.51. The molecule has 0 heterocycles. The number of hydrogen-bond acceptors (Lipinski definition) is 1. The molecule has 2 atom stereocenters. The van der Waals surface area contributed by atoms with Gasteiger partial charge >= 0.3 is 0 Å². The minimum atomic E-state index is -0.108. The molecule has 90 valence electrons. The molecule has 17 heavy (non-hydrogen) atoms. The summed E-state index contributed by atoms with van der Waals surface area (Å²) in [4.78, 5) is 12.4. The van der Waals surface area contributed by atoms with E-state index >= 15 is 0 Å². The van der Waals surface area contributed by atoms with Crippen LogP contribution in [0.5, 0.6) is 0 Å². The molecule has 0 spiro atoms. The molecule has 2 bridgehead atoms. The van der Waals surface area contributed by atoms with Crippen LogP contribution < -0.4 is 0 Å². The van der Waals surface area contributed by atoms with Crippen LogP contribution in [0.3, 0.4) is 0 Å². The van der Waals surface area contributed by atoms with Crippen molar-refractivity contribution in [3.05, 3.63) is 35.9 Å². The maximum Gasteiger partial charge on any atom is 0.140 e. The molecule has 1 aromatic carbocycles. The van der Waals surface area contributed by atoms with Crippen molar-refractivity contribution in [3.8, 4) is 0 Å². The quantitative estimate of drug-likeness (QED) is 0.716. The van der Waals surface area contributed by atoms with Gasteiger partial charge in [-0.3, -0.25) is 4.79 Å². The lowest BCUT2D eigenvalue weighted by Crippen LogP contribution is -2.38. The summed E-state index contributed by atoms with van der Waals surface area (Å²) in [5.74, 6) is 0.470. The summed E-state index contributed by atoms with van der Waals surface area (Å²) in [7, 11) is 0. The molecule has 0 N–H and O–H groups in total. The normalized spacial score (nSPS) is 38.6. The van der Waals surface area contributed by atoms with Crippen LogP contribution in [0.4, 0.5) is 0 Å². The van der Waals surface area contributed by atoms with E-state index < -0.39 is 0 Å². The standard InChI is InChI=1S/C16H20O/c1-14(2)15(3)9-10-16(14,11-13(15)17)12-7-5-4-6-8-12/h4-8H,9-11H2,1-3H3/t15-,16-/m1/s1. The Hall–Kier alpha value is -1.11. The zero-order valence-corrected chi connectivity index (χ0v) is 10.9. The van der Waals surface area contributed by atoms with Crippen LogP contribution in [0, 0.1) is 10.8 Å². The van der Waals surface area contributed by atoms with Crippen LogP contribution in [-0.4, -0.2) is 5.78 Å². The van der Waals surface area contributed by atoms with E-state index in [1.165, 1.54) is 5.56 Å². The Kier molecular flexibility index (Phi) is 1.95. The molecule has 2 aliphatic rings. The van der Waals surface area contributed by atoms with Crippen LogP contribution in [0.2, 0.25) is 0 Å². The molecule has 0 saturated heterocycles. The second-order valence-electron chi connectivity index (χ2n) is 6.51. The predicted molar refractivity (Wildman–Crippen MR) is 68.9 cm³/mol. The number of hydrogen-bond donors (Lipinski definition) is 0. The summed E-state index contributed by atoms with van der Waals surface area (Å²) in [5.41, 5.74) is 1.42. The van der Waals surface area contributed by atoms with Crippen molar-refractivity contribution in [2.45, 2.75) is 45.4 Å². The molecule has 0 aromatic heterocycles. The minimum Gasteiger partial charge on any atom is -0.299 e. The Morgan fingerprint density at radius 2 is 1.65 bits per heavy atom. The molecule has 3 rings (SSSR count). The summed E-state index contributed by atoms with van der Waals surface area (Å²) >= 11 is 0. The molecule has 0 amide bonds. The second kappa shape index (κ2) is 3.01. The molecular weight excluding hydrogens is 208 g/mol. The van der Waals surface area contributed by atoms with Crippen LogP contribution in [-0.2, 0) is 10.2 Å². The van der Waals surface area contributed by atoms with Crippen LogP contribution in [0.25, 0.3) is 0 Å². The van der Waals surface area contributed by atoms with Gasteiger partial charge in [0.15, 0.2) is 0 Å². The fraction of sp³-hybridized carbons (Fsp3) is 0.562. The zero-order chi connectivity index (χ0) is 12.3. The first-order chi connectivity index (χ1) is 7.94. The van der Waals surface area contributed by atoms with E-state index in [-0.39, 0.29) is 16.2 Å². The lowest BCUT2D eigenvalue weighted by molar-refractivity contribution is -0.128. The van der Waals surface area contributed by atoms with Crippen LogP contribution in [0.1, 0.15) is 45.6 Å². The molecule has 0 aliphatic heterocycles. The first-order valence-corrected chi connectivity index (χ1v) is 6.53. The first kappa shape index (κ1) is 11.0. The molecule has 2 saturated carbocycles. The lowest BCUT2D eigenvalue weighted by atomic mass is 9.62. The minimum absolute atomic E-state index is 0.0818. The van der Waals surface area contributed by atoms with Crippen molar-refractivity contribution < 1.29 is 4.79 Å². The average Bonchev–Trinajstić information content (AvgIpc) is 2.61. The first-order valence-electron chi connectivity index (χ1n) is 6.53. The number of ketones is 1. The highest BCUT2D eigenvalue weighted by atomic mass is 16.1. The Bertz CT molecular complexity index is 474. The van der Waals surface area contributed by atoms with Gasteiger partial charge in [-0.2, -0.15) is 0 Å². The highest BCUT2D eigenvalue weighted by molar-refractivity contribution is 5.91. The third-order valence-corrected chi connectivity index (χ3v) is 6.03. The maximum absolute atomic E-state index is 12.4. The smallest absolute Gasteiger partial charge is 0.140 e. The third kappa shape index (κ3) is 1.04. The van der Waals surface area contributed by atoms with Crippen LogP contribution in [0.15, 0.2) is 30.3 Å². The third-order valence-electron chi connectivity index (χ3n) is 6.03. The fourth-order valence-corrected chi connectivity index (χ4v) is 4.25. The highest BCUT2D eigenvalue weighted by Crippen LogP contribution is 2.70.